The molecule has 1 aromatic heterocycles. The summed E-state index contributed by atoms with van der Waals surface area (Å²) in [6.45, 7) is 4.05. The first-order chi connectivity index (χ1) is 7.84. The fraction of sp³-hybridized carbons (Fsp3) is 0.417. The molecule has 0 amide bonds. The summed E-state index contributed by atoms with van der Waals surface area (Å²) < 4.78 is 11.6. The van der Waals surface area contributed by atoms with E-state index in [-0.39, 0.29) is 0 Å². The van der Waals surface area contributed by atoms with Crippen molar-refractivity contribution in [2.24, 2.45) is 0 Å². The smallest absolute Gasteiger partial charge is 0.139 e. The Labute approximate surface area is 98.6 Å². The van der Waals surface area contributed by atoms with Gasteiger partial charge >= 0.3 is 0 Å². The average Bonchev–Trinajstić information content (AvgIpc) is 2.90. The summed E-state index contributed by atoms with van der Waals surface area (Å²) in [6.07, 6.45) is 1.40. The van der Waals surface area contributed by atoms with Gasteiger partial charge in [0.05, 0.1) is 10.4 Å². The van der Waals surface area contributed by atoms with Crippen molar-refractivity contribution in [3.05, 3.63) is 23.9 Å². The van der Waals surface area contributed by atoms with Gasteiger partial charge in [0.2, 0.25) is 0 Å². The number of nitrogens with zero attached hydrogens (tertiary/aromatic N) is 1. The van der Waals surface area contributed by atoms with E-state index in [0.29, 0.717) is 6.10 Å². The van der Waals surface area contributed by atoms with Gasteiger partial charge in [0, 0.05) is 11.9 Å². The lowest BCUT2D eigenvalue weighted by molar-refractivity contribution is 0.226. The molecule has 1 fully saturated rings. The normalized spacial score (nSPS) is 20.4. The van der Waals surface area contributed by atoms with Crippen LogP contribution in [-0.4, -0.2) is 23.6 Å². The molecular weight excluding hydrogens is 220 g/mol. The van der Waals surface area contributed by atoms with E-state index in [1.54, 1.807) is 0 Å². The highest BCUT2D eigenvalue weighted by molar-refractivity contribution is 7.13. The lowest BCUT2D eigenvalue weighted by Crippen LogP contribution is -2.19. The Balaban J connectivity index is 1.96. The number of hydrogen-bond donors (Lipinski definition) is 1. The van der Waals surface area contributed by atoms with Gasteiger partial charge in [-0.15, -0.1) is 0 Å². The molecule has 3 rings (SSSR count). The maximum absolute atomic E-state index is 6.01. The molecule has 0 aliphatic carbocycles. The minimum absolute atomic E-state index is 0.313. The molecule has 0 spiro atoms. The minimum atomic E-state index is 0.313. The lowest BCUT2D eigenvalue weighted by Gasteiger charge is -2.12. The van der Waals surface area contributed by atoms with E-state index in [4.69, 9.17) is 4.74 Å². The Morgan fingerprint density at radius 2 is 2.44 bits per heavy atom. The Morgan fingerprint density at radius 1 is 1.50 bits per heavy atom. The topological polar surface area (TPSA) is 34.1 Å². The van der Waals surface area contributed by atoms with E-state index in [0.717, 1.165) is 31.0 Å². The van der Waals surface area contributed by atoms with Crippen molar-refractivity contribution in [1.29, 1.82) is 0 Å². The van der Waals surface area contributed by atoms with Gasteiger partial charge in [-0.2, -0.15) is 4.37 Å². The van der Waals surface area contributed by atoms with Crippen molar-refractivity contribution in [2.75, 3.05) is 13.1 Å². The molecule has 16 heavy (non-hydrogen) atoms. The van der Waals surface area contributed by atoms with Gasteiger partial charge in [-0.1, -0.05) is 12.1 Å². The summed E-state index contributed by atoms with van der Waals surface area (Å²) in [4.78, 5) is 0. The van der Waals surface area contributed by atoms with Gasteiger partial charge in [0.1, 0.15) is 11.9 Å². The molecule has 84 valence electrons. The molecule has 1 N–H and O–H groups in total. The molecule has 1 unspecified atom stereocenters. The maximum atomic E-state index is 6.01. The zero-order valence-corrected chi connectivity index (χ0v) is 10.0. The van der Waals surface area contributed by atoms with Gasteiger partial charge < -0.3 is 10.1 Å². The van der Waals surface area contributed by atoms with E-state index in [9.17, 15) is 0 Å². The van der Waals surface area contributed by atoms with Crippen molar-refractivity contribution >= 4 is 21.6 Å². The van der Waals surface area contributed by atoms with Gasteiger partial charge in [0.25, 0.3) is 0 Å². The Bertz CT molecular complexity index is 503. The number of ether oxygens (including phenoxy) is 1. The highest BCUT2D eigenvalue weighted by atomic mass is 32.1. The molecule has 4 heteroatoms. The quantitative estimate of drug-likeness (QED) is 0.866. The van der Waals surface area contributed by atoms with E-state index < -0.39 is 0 Å². The van der Waals surface area contributed by atoms with Crippen LogP contribution in [0.15, 0.2) is 18.2 Å². The Morgan fingerprint density at radius 3 is 3.25 bits per heavy atom. The number of fused-ring (bicyclic) bond motifs is 1. The number of aryl methyl sites for hydroxylation is 1. The van der Waals surface area contributed by atoms with Gasteiger partial charge in [-0.3, -0.25) is 0 Å². The van der Waals surface area contributed by atoms with Crippen LogP contribution in [0.5, 0.6) is 5.75 Å². The van der Waals surface area contributed by atoms with E-state index in [1.165, 1.54) is 21.6 Å². The van der Waals surface area contributed by atoms with Crippen molar-refractivity contribution in [3.63, 3.8) is 0 Å². The third-order valence-corrected chi connectivity index (χ3v) is 3.92. The second kappa shape index (κ2) is 4.03. The van der Waals surface area contributed by atoms with Crippen molar-refractivity contribution in [1.82, 2.24) is 9.69 Å². The third kappa shape index (κ3) is 1.68. The SMILES string of the molecule is Cc1nsc2c(OC3CCNC3)cccc12. The van der Waals surface area contributed by atoms with Crippen LogP contribution < -0.4 is 10.1 Å². The second-order valence-corrected chi connectivity index (χ2v) is 4.91. The van der Waals surface area contributed by atoms with E-state index in [2.05, 4.69) is 15.8 Å². The van der Waals surface area contributed by atoms with Crippen LogP contribution in [0.1, 0.15) is 12.1 Å². The zero-order chi connectivity index (χ0) is 11.0. The molecule has 1 aliphatic heterocycles. The summed E-state index contributed by atoms with van der Waals surface area (Å²) in [5, 5.41) is 4.52. The summed E-state index contributed by atoms with van der Waals surface area (Å²) in [6, 6.07) is 6.19. The molecule has 0 radical (unpaired) electrons. The maximum Gasteiger partial charge on any atom is 0.139 e. The monoisotopic (exact) mass is 234 g/mol. The molecule has 1 saturated heterocycles. The first kappa shape index (κ1) is 10.1. The largest absolute Gasteiger partial charge is 0.487 e. The zero-order valence-electron chi connectivity index (χ0n) is 9.19. The predicted molar refractivity (Wildman–Crippen MR) is 66.3 cm³/mol. The fourth-order valence-corrected chi connectivity index (χ4v) is 2.91. The third-order valence-electron chi connectivity index (χ3n) is 2.95. The van der Waals surface area contributed by atoms with E-state index >= 15 is 0 Å². The number of rotatable bonds is 2. The molecule has 1 atom stereocenters. The number of nitrogens with one attached hydrogen (secondary N) is 1. The summed E-state index contributed by atoms with van der Waals surface area (Å²) in [7, 11) is 0. The van der Waals surface area contributed by atoms with Gasteiger partial charge in [-0.25, -0.2) is 0 Å². The van der Waals surface area contributed by atoms with Crippen LogP contribution in [0, 0.1) is 6.92 Å². The molecule has 0 saturated carbocycles. The number of aromatic nitrogens is 1. The average molecular weight is 234 g/mol. The molecule has 2 heterocycles. The van der Waals surface area contributed by atoms with Crippen LogP contribution in [0.3, 0.4) is 0 Å². The highest BCUT2D eigenvalue weighted by Crippen LogP contribution is 2.32. The van der Waals surface area contributed by atoms with Gasteiger partial charge in [0.15, 0.2) is 0 Å². The number of benzene rings is 1. The second-order valence-electron chi connectivity index (χ2n) is 4.13. The van der Waals surface area contributed by atoms with E-state index in [1.807, 2.05) is 19.1 Å². The molecule has 3 nitrogen and oxygen atoms in total. The Hall–Kier alpha value is -1.13. The minimum Gasteiger partial charge on any atom is -0.487 e. The predicted octanol–water partition coefficient (Wildman–Crippen LogP) is 2.35. The Kier molecular flexibility index (Phi) is 2.53. The molecule has 1 aliphatic rings. The van der Waals surface area contributed by atoms with Crippen LogP contribution in [-0.2, 0) is 0 Å². The summed E-state index contributed by atoms with van der Waals surface area (Å²) >= 11 is 1.53. The molecular formula is C12H14N2OS. The molecule has 2 aromatic rings. The van der Waals surface area contributed by atoms with Crippen molar-refractivity contribution in [3.8, 4) is 5.75 Å². The van der Waals surface area contributed by atoms with Crippen molar-refractivity contribution in [2.45, 2.75) is 19.4 Å². The molecule has 0 bridgehead atoms. The first-order valence-electron chi connectivity index (χ1n) is 5.57. The fourth-order valence-electron chi connectivity index (χ4n) is 2.06. The number of hydrogen-bond acceptors (Lipinski definition) is 4. The van der Waals surface area contributed by atoms with Gasteiger partial charge in [-0.05, 0) is 37.5 Å². The highest BCUT2D eigenvalue weighted by Gasteiger charge is 2.17. The van der Waals surface area contributed by atoms with Crippen LogP contribution in [0.4, 0.5) is 0 Å². The summed E-state index contributed by atoms with van der Waals surface area (Å²) in [5.41, 5.74) is 1.09. The first-order valence-corrected chi connectivity index (χ1v) is 6.34. The van der Waals surface area contributed by atoms with Crippen LogP contribution >= 0.6 is 11.5 Å². The van der Waals surface area contributed by atoms with Crippen molar-refractivity contribution < 1.29 is 4.74 Å². The van der Waals surface area contributed by atoms with Crippen LogP contribution in [0.25, 0.3) is 10.1 Å². The standard InChI is InChI=1S/C12H14N2OS/c1-8-10-3-2-4-11(12(10)16-14-8)15-9-5-6-13-7-9/h2-4,9,13H,5-7H2,1H3. The lowest BCUT2D eigenvalue weighted by atomic mass is 10.2. The summed E-state index contributed by atoms with van der Waals surface area (Å²) in [5.74, 6) is 0.983. The molecule has 1 aromatic carbocycles. The van der Waals surface area contributed by atoms with Crippen LogP contribution in [0.2, 0.25) is 0 Å².